The highest BCUT2D eigenvalue weighted by molar-refractivity contribution is 6.31. The van der Waals surface area contributed by atoms with Gasteiger partial charge in [0.15, 0.2) is 5.65 Å². The van der Waals surface area contributed by atoms with Crippen LogP contribution in [0.15, 0.2) is 24.4 Å². The van der Waals surface area contributed by atoms with Crippen molar-refractivity contribution in [1.29, 1.82) is 0 Å². The maximum atomic E-state index is 11.0. The van der Waals surface area contributed by atoms with Crippen molar-refractivity contribution >= 4 is 28.6 Å². The van der Waals surface area contributed by atoms with E-state index in [1.165, 1.54) is 6.07 Å². The highest BCUT2D eigenvalue weighted by Crippen LogP contribution is 2.56. The molecule has 1 aromatic carbocycles. The van der Waals surface area contributed by atoms with Crippen LogP contribution >= 0.6 is 11.6 Å². The van der Waals surface area contributed by atoms with E-state index in [9.17, 15) is 4.79 Å². The highest BCUT2D eigenvalue weighted by atomic mass is 35.5. The third-order valence-electron chi connectivity index (χ3n) is 4.52. The number of fused-ring (bicyclic) bond motifs is 1. The van der Waals surface area contributed by atoms with Gasteiger partial charge in [0.2, 0.25) is 0 Å². The lowest BCUT2D eigenvalue weighted by atomic mass is 10.0. The second-order valence-electron chi connectivity index (χ2n) is 6.15. The minimum Gasteiger partial charge on any atom is -0.478 e. The first-order chi connectivity index (χ1) is 11.5. The smallest absolute Gasteiger partial charge is 0.335 e. The average molecular weight is 343 g/mol. The summed E-state index contributed by atoms with van der Waals surface area (Å²) in [6.45, 7) is 1.86. The molecule has 7 heteroatoms. The lowest BCUT2D eigenvalue weighted by molar-refractivity contribution is 0.0697. The van der Waals surface area contributed by atoms with Crippen molar-refractivity contribution in [3.05, 3.63) is 52.1 Å². The average Bonchev–Trinajstić information content (AvgIpc) is 3.26. The number of hydrogen-bond donors (Lipinski definition) is 1. The number of nitrogens with zero attached hydrogens (tertiary/aromatic N) is 4. The molecular weight excluding hydrogens is 328 g/mol. The van der Waals surface area contributed by atoms with Gasteiger partial charge in [-0.2, -0.15) is 5.10 Å². The van der Waals surface area contributed by atoms with Crippen LogP contribution in [-0.4, -0.2) is 30.8 Å². The number of carbonyl (C=O) groups is 1. The molecule has 0 spiro atoms. The number of aromatic carboxylic acids is 1. The second-order valence-corrected chi connectivity index (χ2v) is 6.56. The topological polar surface area (TPSA) is 80.9 Å². The third kappa shape index (κ3) is 2.34. The standard InChI is InChI=1S/C17H15ClN4O2/c1-8-19-7-13-15(21-22(2)16(13)20-8)12-6-11(12)10-4-3-9(17(23)24)5-14(10)18/h3-5,7,11-12H,6H2,1-2H3,(H,23,24). The van der Waals surface area contributed by atoms with Crippen LogP contribution in [-0.2, 0) is 7.05 Å². The highest BCUT2D eigenvalue weighted by Gasteiger charge is 2.43. The second kappa shape index (κ2) is 5.27. The summed E-state index contributed by atoms with van der Waals surface area (Å²) < 4.78 is 1.78. The van der Waals surface area contributed by atoms with Gasteiger partial charge in [-0.05, 0) is 37.0 Å². The van der Waals surface area contributed by atoms with E-state index in [4.69, 9.17) is 16.7 Å². The number of aryl methyl sites for hydroxylation is 2. The Morgan fingerprint density at radius 3 is 2.88 bits per heavy atom. The minimum absolute atomic E-state index is 0.202. The molecule has 2 atom stereocenters. The lowest BCUT2D eigenvalue weighted by Gasteiger charge is -2.04. The summed E-state index contributed by atoms with van der Waals surface area (Å²) in [4.78, 5) is 19.8. The number of hydrogen-bond acceptors (Lipinski definition) is 4. The Morgan fingerprint density at radius 1 is 1.38 bits per heavy atom. The Morgan fingerprint density at radius 2 is 2.17 bits per heavy atom. The number of aromatic nitrogens is 4. The van der Waals surface area contributed by atoms with Gasteiger partial charge < -0.3 is 5.11 Å². The predicted molar refractivity (Wildman–Crippen MR) is 89.6 cm³/mol. The summed E-state index contributed by atoms with van der Waals surface area (Å²) in [5.74, 6) is 0.253. The summed E-state index contributed by atoms with van der Waals surface area (Å²) in [7, 11) is 1.88. The fraction of sp³-hybridized carbons (Fsp3) is 0.294. The van der Waals surface area contributed by atoms with Crippen molar-refractivity contribution in [1.82, 2.24) is 19.7 Å². The molecule has 4 rings (SSSR count). The molecule has 0 aliphatic heterocycles. The number of carboxylic acids is 1. The molecule has 1 fully saturated rings. The quantitative estimate of drug-likeness (QED) is 0.789. The minimum atomic E-state index is -0.973. The van der Waals surface area contributed by atoms with Crippen molar-refractivity contribution in [3.63, 3.8) is 0 Å². The van der Waals surface area contributed by atoms with Gasteiger partial charge in [-0.3, -0.25) is 4.68 Å². The lowest BCUT2D eigenvalue weighted by Crippen LogP contribution is -1.97. The van der Waals surface area contributed by atoms with Crippen molar-refractivity contribution in [3.8, 4) is 0 Å². The summed E-state index contributed by atoms with van der Waals surface area (Å²) in [6.07, 6.45) is 2.76. The van der Waals surface area contributed by atoms with Crippen molar-refractivity contribution in [2.45, 2.75) is 25.2 Å². The number of benzene rings is 1. The first-order valence-corrected chi connectivity index (χ1v) is 8.02. The first kappa shape index (κ1) is 15.1. The molecule has 6 nitrogen and oxygen atoms in total. The zero-order valence-electron chi connectivity index (χ0n) is 13.2. The Bertz CT molecular complexity index is 982. The summed E-state index contributed by atoms with van der Waals surface area (Å²) in [6, 6.07) is 4.92. The largest absolute Gasteiger partial charge is 0.478 e. The fourth-order valence-corrected chi connectivity index (χ4v) is 3.54. The maximum Gasteiger partial charge on any atom is 0.335 e. The van der Waals surface area contributed by atoms with Gasteiger partial charge in [-0.15, -0.1) is 0 Å². The van der Waals surface area contributed by atoms with Crippen LogP contribution in [0.2, 0.25) is 5.02 Å². The van der Waals surface area contributed by atoms with Crippen molar-refractivity contribution in [2.24, 2.45) is 7.05 Å². The molecule has 24 heavy (non-hydrogen) atoms. The zero-order valence-corrected chi connectivity index (χ0v) is 13.9. The number of carboxylic acid groups (broad SMARTS) is 1. The molecule has 0 saturated heterocycles. The molecule has 1 N–H and O–H groups in total. The molecule has 2 heterocycles. The first-order valence-electron chi connectivity index (χ1n) is 7.64. The Balaban J connectivity index is 1.69. The normalized spacial score (nSPS) is 19.6. The molecule has 1 saturated carbocycles. The van der Waals surface area contributed by atoms with E-state index in [2.05, 4.69) is 15.1 Å². The Labute approximate surface area is 143 Å². The number of rotatable bonds is 3. The van der Waals surface area contributed by atoms with Crippen molar-refractivity contribution < 1.29 is 9.90 Å². The predicted octanol–water partition coefficient (Wildman–Crippen LogP) is 3.29. The van der Waals surface area contributed by atoms with Crippen molar-refractivity contribution in [2.75, 3.05) is 0 Å². The number of halogens is 1. The van der Waals surface area contributed by atoms with E-state index >= 15 is 0 Å². The van der Waals surface area contributed by atoms with Crippen LogP contribution in [0, 0.1) is 6.92 Å². The van der Waals surface area contributed by atoms with E-state index in [1.54, 1.807) is 10.7 Å². The van der Waals surface area contributed by atoms with Crippen LogP contribution in [0.5, 0.6) is 0 Å². The maximum absolute atomic E-state index is 11.0. The van der Waals surface area contributed by atoms with Gasteiger partial charge in [0.25, 0.3) is 0 Å². The van der Waals surface area contributed by atoms with Crippen LogP contribution in [0.1, 0.15) is 45.7 Å². The van der Waals surface area contributed by atoms with Gasteiger partial charge in [0.1, 0.15) is 5.82 Å². The molecule has 2 unspecified atom stereocenters. The van der Waals surface area contributed by atoms with E-state index in [0.29, 0.717) is 5.02 Å². The molecule has 1 aliphatic rings. The summed E-state index contributed by atoms with van der Waals surface area (Å²) in [5, 5.41) is 15.1. The van der Waals surface area contributed by atoms with Gasteiger partial charge >= 0.3 is 5.97 Å². The third-order valence-corrected chi connectivity index (χ3v) is 4.85. The fourth-order valence-electron chi connectivity index (χ4n) is 3.22. The summed E-state index contributed by atoms with van der Waals surface area (Å²) >= 11 is 6.29. The van der Waals surface area contributed by atoms with E-state index in [0.717, 1.165) is 34.5 Å². The van der Waals surface area contributed by atoms with Gasteiger partial charge in [0.05, 0.1) is 16.6 Å². The molecule has 3 aromatic rings. The SMILES string of the molecule is Cc1ncc2c(C3CC3c3ccc(C(=O)O)cc3Cl)nn(C)c2n1. The van der Waals surface area contributed by atoms with Gasteiger partial charge in [0, 0.05) is 24.2 Å². The van der Waals surface area contributed by atoms with E-state index in [1.807, 2.05) is 26.2 Å². The van der Waals surface area contributed by atoms with E-state index in [-0.39, 0.29) is 17.4 Å². The molecule has 0 bridgehead atoms. The molecule has 2 aromatic heterocycles. The molecule has 0 radical (unpaired) electrons. The molecular formula is C17H15ClN4O2. The van der Waals surface area contributed by atoms with E-state index < -0.39 is 5.97 Å². The van der Waals surface area contributed by atoms with Crippen LogP contribution < -0.4 is 0 Å². The van der Waals surface area contributed by atoms with Crippen LogP contribution in [0.25, 0.3) is 11.0 Å². The Hall–Kier alpha value is -2.47. The van der Waals surface area contributed by atoms with Gasteiger partial charge in [-0.1, -0.05) is 17.7 Å². The van der Waals surface area contributed by atoms with Gasteiger partial charge in [-0.25, -0.2) is 14.8 Å². The molecule has 0 amide bonds. The monoisotopic (exact) mass is 342 g/mol. The zero-order chi connectivity index (χ0) is 17.0. The summed E-state index contributed by atoms with van der Waals surface area (Å²) in [5.41, 5.74) is 2.98. The molecule has 1 aliphatic carbocycles. The van der Waals surface area contributed by atoms with Crippen LogP contribution in [0.4, 0.5) is 0 Å². The van der Waals surface area contributed by atoms with Crippen LogP contribution in [0.3, 0.4) is 0 Å². The Kier molecular flexibility index (Phi) is 3.31. The molecule has 122 valence electrons.